The molecule has 0 saturated heterocycles. The highest BCUT2D eigenvalue weighted by molar-refractivity contribution is 6.11. The summed E-state index contributed by atoms with van der Waals surface area (Å²) in [5.74, 6) is -0.484. The lowest BCUT2D eigenvalue weighted by atomic mass is 10.1. The summed E-state index contributed by atoms with van der Waals surface area (Å²) in [5, 5.41) is 11.9. The predicted molar refractivity (Wildman–Crippen MR) is 102 cm³/mol. The Morgan fingerprint density at radius 2 is 1.78 bits per heavy atom. The molecule has 0 atom stereocenters. The predicted octanol–water partition coefficient (Wildman–Crippen LogP) is 3.81. The molecule has 138 valence electrons. The number of ether oxygens (including phenoxy) is 2. The van der Waals surface area contributed by atoms with Gasteiger partial charge in [-0.05, 0) is 49.8 Å². The second-order valence-corrected chi connectivity index (χ2v) is 5.90. The third kappa shape index (κ3) is 5.44. The second kappa shape index (κ2) is 9.20. The summed E-state index contributed by atoms with van der Waals surface area (Å²) in [7, 11) is 1.26. The third-order valence-corrected chi connectivity index (χ3v) is 3.51. The number of nitriles is 1. The molecule has 2 aromatic rings. The minimum Gasteiger partial charge on any atom is -0.491 e. The first-order valence-electron chi connectivity index (χ1n) is 8.31. The fourth-order valence-electron chi connectivity index (χ4n) is 2.30. The zero-order chi connectivity index (χ0) is 19.8. The molecule has 0 heterocycles. The van der Waals surface area contributed by atoms with Crippen LogP contribution < -0.4 is 10.1 Å². The average molecular weight is 364 g/mol. The molecule has 0 aromatic heterocycles. The van der Waals surface area contributed by atoms with Crippen LogP contribution in [0.4, 0.5) is 5.69 Å². The van der Waals surface area contributed by atoms with Gasteiger partial charge < -0.3 is 14.8 Å². The van der Waals surface area contributed by atoms with Gasteiger partial charge in [-0.25, -0.2) is 4.79 Å². The minimum atomic E-state index is -0.614. The smallest absolute Gasteiger partial charge is 0.339 e. The van der Waals surface area contributed by atoms with E-state index in [4.69, 9.17) is 9.47 Å². The maximum absolute atomic E-state index is 12.4. The van der Waals surface area contributed by atoms with Gasteiger partial charge in [0, 0.05) is 0 Å². The molecule has 0 spiro atoms. The number of carbonyl (C=O) groups excluding carboxylic acids is 2. The Kier molecular flexibility index (Phi) is 6.73. The number of nitrogens with zero attached hydrogens (tertiary/aromatic N) is 1. The fraction of sp³-hybridized carbons (Fsp3) is 0.190. The van der Waals surface area contributed by atoms with Gasteiger partial charge in [-0.1, -0.05) is 24.3 Å². The van der Waals surface area contributed by atoms with Gasteiger partial charge in [0.15, 0.2) is 0 Å². The highest BCUT2D eigenvalue weighted by atomic mass is 16.5. The van der Waals surface area contributed by atoms with E-state index >= 15 is 0 Å². The molecular formula is C21H20N2O4. The summed E-state index contributed by atoms with van der Waals surface area (Å²) in [4.78, 5) is 24.2. The van der Waals surface area contributed by atoms with Crippen molar-refractivity contribution in [3.63, 3.8) is 0 Å². The Labute approximate surface area is 158 Å². The number of hydrogen-bond acceptors (Lipinski definition) is 5. The molecule has 0 aliphatic rings. The van der Waals surface area contributed by atoms with E-state index in [0.29, 0.717) is 11.3 Å². The number of para-hydroxylation sites is 1. The molecule has 2 rings (SSSR count). The number of anilines is 1. The Morgan fingerprint density at radius 3 is 2.37 bits per heavy atom. The van der Waals surface area contributed by atoms with Gasteiger partial charge in [0.05, 0.1) is 24.5 Å². The Balaban J connectivity index is 2.20. The molecule has 1 amide bonds. The molecule has 6 nitrogen and oxygen atoms in total. The van der Waals surface area contributed by atoms with Crippen LogP contribution in [0.2, 0.25) is 0 Å². The van der Waals surface area contributed by atoms with Gasteiger partial charge in [0.2, 0.25) is 0 Å². The first-order chi connectivity index (χ1) is 12.9. The summed E-state index contributed by atoms with van der Waals surface area (Å²) >= 11 is 0. The Bertz CT molecular complexity index is 893. The van der Waals surface area contributed by atoms with Crippen molar-refractivity contribution in [2.24, 2.45) is 0 Å². The molecule has 0 radical (unpaired) electrons. The largest absolute Gasteiger partial charge is 0.491 e. The van der Waals surface area contributed by atoms with E-state index in [-0.39, 0.29) is 22.9 Å². The number of esters is 1. The van der Waals surface area contributed by atoms with Crippen molar-refractivity contribution < 1.29 is 19.1 Å². The lowest BCUT2D eigenvalue weighted by molar-refractivity contribution is -0.112. The molecular weight excluding hydrogens is 344 g/mol. The van der Waals surface area contributed by atoms with Crippen LogP contribution in [0.3, 0.4) is 0 Å². The van der Waals surface area contributed by atoms with Gasteiger partial charge in [0.1, 0.15) is 17.4 Å². The topological polar surface area (TPSA) is 88.4 Å². The lowest BCUT2D eigenvalue weighted by Crippen LogP contribution is -2.16. The van der Waals surface area contributed by atoms with Crippen molar-refractivity contribution in [2.45, 2.75) is 20.0 Å². The van der Waals surface area contributed by atoms with E-state index in [2.05, 4.69) is 5.32 Å². The second-order valence-electron chi connectivity index (χ2n) is 5.90. The standard InChI is InChI=1S/C21H20N2O4/c1-14(2)27-17-10-8-15(9-11-17)12-16(13-22)20(24)23-19-7-5-4-6-18(19)21(25)26-3/h4-12,14H,1-3H3,(H,23,24)/b16-12+. The van der Waals surface area contributed by atoms with Crippen LogP contribution in [-0.4, -0.2) is 25.1 Å². The van der Waals surface area contributed by atoms with E-state index < -0.39 is 11.9 Å². The van der Waals surface area contributed by atoms with Crippen LogP contribution in [0.1, 0.15) is 29.8 Å². The average Bonchev–Trinajstić information content (AvgIpc) is 2.66. The van der Waals surface area contributed by atoms with Crippen LogP contribution in [0, 0.1) is 11.3 Å². The van der Waals surface area contributed by atoms with E-state index in [1.165, 1.54) is 19.3 Å². The zero-order valence-electron chi connectivity index (χ0n) is 15.4. The van der Waals surface area contributed by atoms with Crippen LogP contribution in [0.15, 0.2) is 54.1 Å². The van der Waals surface area contributed by atoms with E-state index in [1.54, 1.807) is 42.5 Å². The normalized spacial score (nSPS) is 10.9. The highest BCUT2D eigenvalue weighted by Crippen LogP contribution is 2.19. The molecule has 0 aliphatic carbocycles. The third-order valence-electron chi connectivity index (χ3n) is 3.51. The molecule has 0 unspecified atom stereocenters. The molecule has 2 aromatic carbocycles. The molecule has 0 saturated carbocycles. The van der Waals surface area contributed by atoms with Crippen LogP contribution in [-0.2, 0) is 9.53 Å². The number of hydrogen-bond donors (Lipinski definition) is 1. The van der Waals surface area contributed by atoms with Crippen LogP contribution in [0.5, 0.6) is 5.75 Å². The quantitative estimate of drug-likeness (QED) is 0.478. The van der Waals surface area contributed by atoms with E-state index in [1.807, 2.05) is 19.9 Å². The van der Waals surface area contributed by atoms with Gasteiger partial charge in [0.25, 0.3) is 5.91 Å². The summed E-state index contributed by atoms with van der Waals surface area (Å²) < 4.78 is 10.3. The first-order valence-corrected chi connectivity index (χ1v) is 8.31. The first kappa shape index (κ1) is 19.7. The van der Waals surface area contributed by atoms with Gasteiger partial charge in [-0.2, -0.15) is 5.26 Å². The molecule has 27 heavy (non-hydrogen) atoms. The number of carbonyl (C=O) groups is 2. The monoisotopic (exact) mass is 364 g/mol. The summed E-state index contributed by atoms with van der Waals surface area (Å²) in [6.07, 6.45) is 1.52. The number of amides is 1. The van der Waals surface area contributed by atoms with Gasteiger partial charge in [-0.15, -0.1) is 0 Å². The van der Waals surface area contributed by atoms with Crippen molar-refractivity contribution in [1.82, 2.24) is 0 Å². The molecule has 0 fully saturated rings. The fourth-order valence-corrected chi connectivity index (χ4v) is 2.30. The molecule has 1 N–H and O–H groups in total. The van der Waals surface area contributed by atoms with E-state index in [9.17, 15) is 14.9 Å². The zero-order valence-corrected chi connectivity index (χ0v) is 15.4. The number of benzene rings is 2. The number of methoxy groups -OCH3 is 1. The van der Waals surface area contributed by atoms with Crippen LogP contribution >= 0.6 is 0 Å². The SMILES string of the molecule is COC(=O)c1ccccc1NC(=O)/C(C#N)=C/c1ccc(OC(C)C)cc1. The molecule has 6 heteroatoms. The maximum Gasteiger partial charge on any atom is 0.339 e. The molecule has 0 bridgehead atoms. The van der Waals surface area contributed by atoms with Gasteiger partial charge >= 0.3 is 5.97 Å². The van der Waals surface area contributed by atoms with Crippen molar-refractivity contribution in [1.29, 1.82) is 5.26 Å². The summed E-state index contributed by atoms with van der Waals surface area (Å²) in [6, 6.07) is 15.4. The van der Waals surface area contributed by atoms with E-state index in [0.717, 1.165) is 0 Å². The maximum atomic E-state index is 12.4. The van der Waals surface area contributed by atoms with Gasteiger partial charge in [-0.3, -0.25) is 4.79 Å². The van der Waals surface area contributed by atoms with Crippen LogP contribution in [0.25, 0.3) is 6.08 Å². The van der Waals surface area contributed by atoms with Crippen molar-refractivity contribution >= 4 is 23.6 Å². The summed E-state index contributed by atoms with van der Waals surface area (Å²) in [6.45, 7) is 3.86. The Hall–Kier alpha value is -3.59. The number of rotatable bonds is 6. The highest BCUT2D eigenvalue weighted by Gasteiger charge is 2.15. The number of nitrogens with one attached hydrogen (secondary N) is 1. The van der Waals surface area contributed by atoms with Crippen molar-refractivity contribution in [3.8, 4) is 11.8 Å². The van der Waals surface area contributed by atoms with Crippen molar-refractivity contribution in [2.75, 3.05) is 12.4 Å². The summed E-state index contributed by atoms with van der Waals surface area (Å²) in [5.41, 5.74) is 1.07. The van der Waals surface area contributed by atoms with Crippen molar-refractivity contribution in [3.05, 3.63) is 65.2 Å². The minimum absolute atomic E-state index is 0.0571. The lowest BCUT2D eigenvalue weighted by Gasteiger charge is -2.10. The Morgan fingerprint density at radius 1 is 1.11 bits per heavy atom. The molecule has 0 aliphatic heterocycles.